The van der Waals surface area contributed by atoms with Crippen molar-refractivity contribution >= 4 is 64.2 Å². The summed E-state index contributed by atoms with van der Waals surface area (Å²) in [6.45, 7) is 0. The van der Waals surface area contributed by atoms with Crippen LogP contribution < -0.4 is 0 Å². The first-order chi connectivity index (χ1) is 23.8. The van der Waals surface area contributed by atoms with E-state index >= 15 is 0 Å². The van der Waals surface area contributed by atoms with Crippen molar-refractivity contribution in [1.82, 2.24) is 15.0 Å². The Bertz CT molecular complexity index is 2850. The van der Waals surface area contributed by atoms with Gasteiger partial charge in [-0.05, 0) is 59.0 Å². The van der Waals surface area contributed by atoms with Gasteiger partial charge >= 0.3 is 0 Å². The smallest absolute Gasteiger partial charge is 0.164 e. The molecule has 0 bridgehead atoms. The number of benzene rings is 7. The summed E-state index contributed by atoms with van der Waals surface area (Å²) in [6.07, 6.45) is 0. The number of thiophene rings is 1. The quantitative estimate of drug-likeness (QED) is 0.194. The van der Waals surface area contributed by atoms with Crippen molar-refractivity contribution in [1.29, 1.82) is 0 Å². The second kappa shape index (κ2) is 10.7. The molecule has 10 aromatic rings. The van der Waals surface area contributed by atoms with Crippen LogP contribution in [0.25, 0.3) is 98.2 Å². The van der Waals surface area contributed by atoms with Crippen LogP contribution in [-0.2, 0) is 0 Å². The molecule has 5 heteroatoms. The van der Waals surface area contributed by atoms with Crippen molar-refractivity contribution in [3.63, 3.8) is 0 Å². The van der Waals surface area contributed by atoms with Crippen LogP contribution >= 0.6 is 11.3 Å². The highest BCUT2D eigenvalue weighted by molar-refractivity contribution is 7.25. The van der Waals surface area contributed by atoms with Gasteiger partial charge in [0.1, 0.15) is 11.2 Å². The summed E-state index contributed by atoms with van der Waals surface area (Å²) in [6, 6.07) is 52.7. The van der Waals surface area contributed by atoms with Gasteiger partial charge in [0.05, 0.1) is 0 Å². The van der Waals surface area contributed by atoms with Gasteiger partial charge in [-0.1, -0.05) is 109 Å². The Morgan fingerprint density at radius 2 is 1.10 bits per heavy atom. The van der Waals surface area contributed by atoms with Gasteiger partial charge in [0.15, 0.2) is 17.5 Å². The van der Waals surface area contributed by atoms with Crippen LogP contribution in [0.3, 0.4) is 0 Å². The number of furan rings is 1. The molecule has 0 unspecified atom stereocenters. The van der Waals surface area contributed by atoms with E-state index in [2.05, 4.69) is 140 Å². The molecule has 3 aromatic heterocycles. The van der Waals surface area contributed by atoms with Gasteiger partial charge in [0, 0.05) is 53.0 Å². The minimum atomic E-state index is 0.619. The number of aromatic nitrogens is 3. The van der Waals surface area contributed by atoms with Gasteiger partial charge in [0.2, 0.25) is 0 Å². The van der Waals surface area contributed by atoms with Crippen LogP contribution in [0, 0.1) is 0 Å². The van der Waals surface area contributed by atoms with Crippen LogP contribution in [0.4, 0.5) is 0 Å². The summed E-state index contributed by atoms with van der Waals surface area (Å²) >= 11 is 1.79. The van der Waals surface area contributed by atoms with Crippen LogP contribution in [0.15, 0.2) is 156 Å². The van der Waals surface area contributed by atoms with Crippen LogP contribution in [-0.4, -0.2) is 15.0 Å². The molecule has 0 aliphatic heterocycles. The van der Waals surface area contributed by atoms with E-state index in [0.717, 1.165) is 60.5 Å². The summed E-state index contributed by atoms with van der Waals surface area (Å²) in [5.41, 5.74) is 6.83. The van der Waals surface area contributed by atoms with Crippen molar-refractivity contribution in [2.24, 2.45) is 0 Å². The average Bonchev–Trinajstić information content (AvgIpc) is 3.73. The van der Waals surface area contributed by atoms with Gasteiger partial charge in [-0.3, -0.25) is 0 Å². The summed E-state index contributed by atoms with van der Waals surface area (Å²) in [4.78, 5) is 15.5. The third kappa shape index (κ3) is 4.33. The Kier molecular flexibility index (Phi) is 6.01. The van der Waals surface area contributed by atoms with E-state index in [1.54, 1.807) is 11.3 Å². The molecule has 0 N–H and O–H groups in total. The molecule has 0 fully saturated rings. The highest BCUT2D eigenvalue weighted by atomic mass is 32.1. The maximum atomic E-state index is 6.43. The second-order valence-electron chi connectivity index (χ2n) is 12.0. The molecule has 0 spiro atoms. The maximum absolute atomic E-state index is 6.43. The van der Waals surface area contributed by atoms with E-state index in [9.17, 15) is 0 Å². The molecule has 7 aromatic carbocycles. The summed E-state index contributed by atoms with van der Waals surface area (Å²) < 4.78 is 8.88. The molecule has 0 saturated heterocycles. The monoisotopic (exact) mass is 631 g/mol. The molecule has 0 radical (unpaired) electrons. The lowest BCUT2D eigenvalue weighted by Crippen LogP contribution is -2.00. The van der Waals surface area contributed by atoms with Gasteiger partial charge in [-0.15, -0.1) is 11.3 Å². The van der Waals surface area contributed by atoms with Crippen molar-refractivity contribution in [2.75, 3.05) is 0 Å². The fourth-order valence-corrected chi connectivity index (χ4v) is 7.96. The summed E-state index contributed by atoms with van der Waals surface area (Å²) in [5.74, 6) is 1.90. The van der Waals surface area contributed by atoms with Gasteiger partial charge < -0.3 is 4.42 Å². The first-order valence-electron chi connectivity index (χ1n) is 15.9. The van der Waals surface area contributed by atoms with E-state index in [1.165, 1.54) is 20.2 Å². The van der Waals surface area contributed by atoms with Crippen molar-refractivity contribution in [3.05, 3.63) is 152 Å². The van der Waals surface area contributed by atoms with E-state index in [4.69, 9.17) is 19.4 Å². The topological polar surface area (TPSA) is 51.8 Å². The highest BCUT2D eigenvalue weighted by Crippen LogP contribution is 2.40. The minimum absolute atomic E-state index is 0.619. The molecule has 10 rings (SSSR count). The van der Waals surface area contributed by atoms with Crippen molar-refractivity contribution < 1.29 is 4.42 Å². The first-order valence-corrected chi connectivity index (χ1v) is 16.8. The Morgan fingerprint density at radius 1 is 0.417 bits per heavy atom. The van der Waals surface area contributed by atoms with Gasteiger partial charge in [-0.2, -0.15) is 0 Å². The third-order valence-corrected chi connectivity index (χ3v) is 10.3. The normalized spacial score (nSPS) is 11.8. The summed E-state index contributed by atoms with van der Waals surface area (Å²) in [5, 5.41) is 6.75. The van der Waals surface area contributed by atoms with Gasteiger partial charge in [0.25, 0.3) is 0 Å². The predicted molar refractivity (Wildman–Crippen MR) is 199 cm³/mol. The van der Waals surface area contributed by atoms with Crippen molar-refractivity contribution in [3.8, 4) is 45.3 Å². The lowest BCUT2D eigenvalue weighted by Gasteiger charge is -2.11. The van der Waals surface area contributed by atoms with Crippen LogP contribution in [0.5, 0.6) is 0 Å². The molecule has 224 valence electrons. The summed E-state index contributed by atoms with van der Waals surface area (Å²) in [7, 11) is 0. The fraction of sp³-hybridized carbons (Fsp3) is 0. The molecule has 0 amide bonds. The van der Waals surface area contributed by atoms with Gasteiger partial charge in [-0.25, -0.2) is 15.0 Å². The zero-order chi connectivity index (χ0) is 31.6. The zero-order valence-corrected chi connectivity index (χ0v) is 26.4. The molecule has 0 aliphatic rings. The highest BCUT2D eigenvalue weighted by Gasteiger charge is 2.18. The molecule has 4 nitrogen and oxygen atoms in total. The Hall–Kier alpha value is -6.17. The van der Waals surface area contributed by atoms with Crippen LogP contribution in [0.2, 0.25) is 0 Å². The molecule has 0 saturated carbocycles. The maximum Gasteiger partial charge on any atom is 0.164 e. The van der Waals surface area contributed by atoms with Crippen molar-refractivity contribution in [2.45, 2.75) is 0 Å². The first kappa shape index (κ1) is 27.0. The molecule has 3 heterocycles. The largest absolute Gasteiger partial charge is 0.455 e. The number of fused-ring (bicyclic) bond motifs is 8. The molecule has 0 aliphatic carbocycles. The second-order valence-corrected chi connectivity index (χ2v) is 13.1. The van der Waals surface area contributed by atoms with E-state index < -0.39 is 0 Å². The SMILES string of the molecule is c1ccc(-c2cccc(-c3nc(-c4ccc5oc6c7ccccc7ccc6c5c4)nc(-c4cccc5sc6ccccc6c45)n3)c2)cc1. The molecule has 48 heavy (non-hydrogen) atoms. The number of nitrogens with zero attached hydrogens (tertiary/aromatic N) is 3. The third-order valence-electron chi connectivity index (χ3n) is 9.13. The number of rotatable bonds is 4. The van der Waals surface area contributed by atoms with E-state index in [1.807, 2.05) is 12.1 Å². The Morgan fingerprint density at radius 3 is 2.00 bits per heavy atom. The lowest BCUT2D eigenvalue weighted by atomic mass is 10.0. The van der Waals surface area contributed by atoms with E-state index in [-0.39, 0.29) is 0 Å². The Balaban J connectivity index is 1.21. The lowest BCUT2D eigenvalue weighted by molar-refractivity contribution is 0.672. The molecular weight excluding hydrogens is 607 g/mol. The van der Waals surface area contributed by atoms with E-state index in [0.29, 0.717) is 17.5 Å². The van der Waals surface area contributed by atoms with Crippen LogP contribution in [0.1, 0.15) is 0 Å². The average molecular weight is 632 g/mol. The molecular formula is C43H25N3OS. The number of hydrogen-bond donors (Lipinski definition) is 0. The zero-order valence-electron chi connectivity index (χ0n) is 25.6. The predicted octanol–water partition coefficient (Wildman–Crippen LogP) is 12.0. The Labute approximate surface area is 279 Å². The molecule has 0 atom stereocenters. The number of hydrogen-bond acceptors (Lipinski definition) is 5. The minimum Gasteiger partial charge on any atom is -0.455 e. The fourth-order valence-electron chi connectivity index (χ4n) is 6.83. The standard InChI is InChI=1S/C43H25N3OS/c1-2-10-26(11-3-1)28-13-8-14-29(24-28)41-44-42(46-43(45-41)34-17-9-19-38-39(34)33-16-6-7-18-37(33)48-38)30-21-23-36-35(25-30)32-22-20-27-12-4-5-15-31(27)40(32)47-36/h1-25H.